The van der Waals surface area contributed by atoms with Gasteiger partial charge < -0.3 is 15.1 Å². The van der Waals surface area contributed by atoms with Crippen LogP contribution in [-0.2, 0) is 4.79 Å². The highest BCUT2D eigenvalue weighted by atomic mass is 79.9. The summed E-state index contributed by atoms with van der Waals surface area (Å²) >= 11 is 3.37. The van der Waals surface area contributed by atoms with Crippen molar-refractivity contribution in [2.24, 2.45) is 5.41 Å². The molecule has 5 heteroatoms. The first-order chi connectivity index (χ1) is 9.33. The Bertz CT molecular complexity index is 443. The molecule has 0 aliphatic carbocycles. The number of carbonyl (C=O) groups is 1. The molecule has 1 amide bonds. The van der Waals surface area contributed by atoms with E-state index in [-0.39, 0.29) is 25.0 Å². The first-order valence-electron chi connectivity index (χ1n) is 6.55. The summed E-state index contributed by atoms with van der Waals surface area (Å²) in [4.78, 5) is 14.0. The SMILES string of the molecule is CC(C(=O)N(C)CC(C)(CO)CO)c1ccc(Br)cc1. The van der Waals surface area contributed by atoms with Gasteiger partial charge in [-0.2, -0.15) is 0 Å². The lowest BCUT2D eigenvalue weighted by atomic mass is 9.91. The highest BCUT2D eigenvalue weighted by Crippen LogP contribution is 2.22. The Kier molecular flexibility index (Phi) is 6.17. The van der Waals surface area contributed by atoms with Crippen LogP contribution in [0.15, 0.2) is 28.7 Å². The number of nitrogens with zero attached hydrogens (tertiary/aromatic N) is 1. The summed E-state index contributed by atoms with van der Waals surface area (Å²) in [6.07, 6.45) is 0. The summed E-state index contributed by atoms with van der Waals surface area (Å²) in [5.74, 6) is -0.282. The van der Waals surface area contributed by atoms with E-state index in [9.17, 15) is 15.0 Å². The van der Waals surface area contributed by atoms with E-state index in [0.717, 1.165) is 10.0 Å². The van der Waals surface area contributed by atoms with E-state index in [0.29, 0.717) is 6.54 Å². The minimum absolute atomic E-state index is 0.0274. The van der Waals surface area contributed by atoms with Gasteiger partial charge in [0, 0.05) is 23.5 Å². The number of hydrogen-bond donors (Lipinski definition) is 2. The molecule has 1 rings (SSSR count). The van der Waals surface area contributed by atoms with Gasteiger partial charge in [0.25, 0.3) is 0 Å². The van der Waals surface area contributed by atoms with E-state index < -0.39 is 5.41 Å². The van der Waals surface area contributed by atoms with Crippen LogP contribution in [0.3, 0.4) is 0 Å². The molecule has 4 nitrogen and oxygen atoms in total. The molecule has 0 heterocycles. The molecule has 1 unspecified atom stereocenters. The van der Waals surface area contributed by atoms with Crippen molar-refractivity contribution in [3.8, 4) is 0 Å². The molecule has 0 fully saturated rings. The average Bonchev–Trinajstić information content (AvgIpc) is 2.46. The minimum atomic E-state index is -0.677. The number of halogens is 1. The number of likely N-dealkylation sites (N-methyl/N-ethyl adjacent to an activating group) is 1. The minimum Gasteiger partial charge on any atom is -0.396 e. The van der Waals surface area contributed by atoms with E-state index in [2.05, 4.69) is 15.9 Å². The van der Waals surface area contributed by atoms with Crippen molar-refractivity contribution < 1.29 is 15.0 Å². The van der Waals surface area contributed by atoms with Crippen LogP contribution in [0.1, 0.15) is 25.3 Å². The maximum Gasteiger partial charge on any atom is 0.229 e. The predicted molar refractivity (Wildman–Crippen MR) is 82.5 cm³/mol. The van der Waals surface area contributed by atoms with E-state index in [4.69, 9.17) is 0 Å². The summed E-state index contributed by atoms with van der Waals surface area (Å²) in [6.45, 7) is 3.61. The highest BCUT2D eigenvalue weighted by molar-refractivity contribution is 9.10. The Morgan fingerprint density at radius 2 is 1.80 bits per heavy atom. The number of benzene rings is 1. The van der Waals surface area contributed by atoms with Gasteiger partial charge in [-0.25, -0.2) is 0 Å². The Balaban J connectivity index is 2.76. The number of aliphatic hydroxyl groups is 2. The van der Waals surface area contributed by atoms with Crippen molar-refractivity contribution >= 4 is 21.8 Å². The van der Waals surface area contributed by atoms with Crippen LogP contribution in [0.25, 0.3) is 0 Å². The van der Waals surface area contributed by atoms with Gasteiger partial charge in [-0.15, -0.1) is 0 Å². The molecule has 2 N–H and O–H groups in total. The second kappa shape index (κ2) is 7.20. The zero-order chi connectivity index (χ0) is 15.3. The molecule has 1 aromatic carbocycles. The van der Waals surface area contributed by atoms with Gasteiger partial charge in [-0.3, -0.25) is 4.79 Å². The fourth-order valence-corrected chi connectivity index (χ4v) is 2.29. The number of aliphatic hydroxyl groups excluding tert-OH is 2. The van der Waals surface area contributed by atoms with Gasteiger partial charge >= 0.3 is 0 Å². The van der Waals surface area contributed by atoms with Crippen molar-refractivity contribution in [1.82, 2.24) is 4.90 Å². The molecule has 20 heavy (non-hydrogen) atoms. The maximum atomic E-state index is 12.4. The van der Waals surface area contributed by atoms with Crippen molar-refractivity contribution in [3.63, 3.8) is 0 Å². The van der Waals surface area contributed by atoms with Crippen LogP contribution >= 0.6 is 15.9 Å². The standard InChI is InChI=1S/C15H22BrNO3/c1-11(12-4-6-13(16)7-5-12)14(20)17(3)8-15(2,9-18)10-19/h4-7,11,18-19H,8-10H2,1-3H3. The number of rotatable bonds is 6. The zero-order valence-corrected chi connectivity index (χ0v) is 13.7. The van der Waals surface area contributed by atoms with Crippen LogP contribution in [0.4, 0.5) is 0 Å². The molecule has 0 aromatic heterocycles. The van der Waals surface area contributed by atoms with Crippen molar-refractivity contribution in [3.05, 3.63) is 34.3 Å². The second-order valence-corrected chi connectivity index (χ2v) is 6.51. The van der Waals surface area contributed by atoms with E-state index in [1.807, 2.05) is 31.2 Å². The summed E-state index contributed by atoms with van der Waals surface area (Å²) in [6, 6.07) is 7.64. The summed E-state index contributed by atoms with van der Waals surface area (Å²) in [7, 11) is 1.70. The average molecular weight is 344 g/mol. The Morgan fingerprint density at radius 3 is 2.25 bits per heavy atom. The first-order valence-corrected chi connectivity index (χ1v) is 7.34. The molecule has 0 radical (unpaired) electrons. The summed E-state index contributed by atoms with van der Waals surface area (Å²) in [5.41, 5.74) is 0.267. The molecule has 0 aliphatic rings. The van der Waals surface area contributed by atoms with Crippen LogP contribution in [-0.4, -0.2) is 47.8 Å². The van der Waals surface area contributed by atoms with Crippen LogP contribution < -0.4 is 0 Å². The van der Waals surface area contributed by atoms with E-state index in [1.54, 1.807) is 18.9 Å². The molecular weight excluding hydrogens is 322 g/mol. The topological polar surface area (TPSA) is 60.8 Å². The van der Waals surface area contributed by atoms with Gasteiger partial charge in [0.15, 0.2) is 0 Å². The quantitative estimate of drug-likeness (QED) is 0.830. The summed E-state index contributed by atoms with van der Waals surface area (Å²) in [5, 5.41) is 18.6. The Morgan fingerprint density at radius 1 is 1.30 bits per heavy atom. The van der Waals surface area contributed by atoms with E-state index >= 15 is 0 Å². The molecule has 0 aliphatic heterocycles. The smallest absolute Gasteiger partial charge is 0.229 e. The highest BCUT2D eigenvalue weighted by Gasteiger charge is 2.28. The van der Waals surface area contributed by atoms with Gasteiger partial charge in [-0.05, 0) is 24.6 Å². The first kappa shape index (κ1) is 17.1. The van der Waals surface area contributed by atoms with Gasteiger partial charge in [0.2, 0.25) is 5.91 Å². The molecule has 0 bridgehead atoms. The third-order valence-corrected chi connectivity index (χ3v) is 4.03. The Labute approximate surface area is 128 Å². The lowest BCUT2D eigenvalue weighted by Gasteiger charge is -2.31. The lowest BCUT2D eigenvalue weighted by molar-refractivity contribution is -0.133. The van der Waals surface area contributed by atoms with Crippen molar-refractivity contribution in [1.29, 1.82) is 0 Å². The lowest BCUT2D eigenvalue weighted by Crippen LogP contribution is -2.43. The number of amides is 1. The van der Waals surface area contributed by atoms with E-state index in [1.165, 1.54) is 0 Å². The Hall–Kier alpha value is -0.910. The zero-order valence-electron chi connectivity index (χ0n) is 12.1. The maximum absolute atomic E-state index is 12.4. The number of hydrogen-bond acceptors (Lipinski definition) is 3. The fourth-order valence-electron chi connectivity index (χ4n) is 2.03. The van der Waals surface area contributed by atoms with Crippen molar-refractivity contribution in [2.45, 2.75) is 19.8 Å². The van der Waals surface area contributed by atoms with Gasteiger partial charge in [0.1, 0.15) is 0 Å². The largest absolute Gasteiger partial charge is 0.396 e. The number of carbonyl (C=O) groups excluding carboxylic acids is 1. The molecule has 1 aromatic rings. The van der Waals surface area contributed by atoms with Gasteiger partial charge in [0.05, 0.1) is 19.1 Å². The van der Waals surface area contributed by atoms with Crippen LogP contribution in [0, 0.1) is 5.41 Å². The predicted octanol–water partition coefficient (Wildman–Crippen LogP) is 2.00. The normalized spacial score (nSPS) is 13.1. The third-order valence-electron chi connectivity index (χ3n) is 3.50. The molecule has 112 valence electrons. The second-order valence-electron chi connectivity index (χ2n) is 5.59. The van der Waals surface area contributed by atoms with Crippen LogP contribution in [0.5, 0.6) is 0 Å². The molecule has 0 saturated carbocycles. The van der Waals surface area contributed by atoms with Gasteiger partial charge in [-0.1, -0.05) is 35.0 Å². The third kappa shape index (κ3) is 4.30. The van der Waals surface area contributed by atoms with Crippen molar-refractivity contribution in [2.75, 3.05) is 26.8 Å². The van der Waals surface area contributed by atoms with Crippen LogP contribution in [0.2, 0.25) is 0 Å². The molecule has 1 atom stereocenters. The molecule has 0 saturated heterocycles. The summed E-state index contributed by atoms with van der Waals surface area (Å²) < 4.78 is 0.974. The fraction of sp³-hybridized carbons (Fsp3) is 0.533. The molecule has 0 spiro atoms. The molecular formula is C15H22BrNO3. The monoisotopic (exact) mass is 343 g/mol.